The van der Waals surface area contributed by atoms with Crippen LogP contribution in [-0.4, -0.2) is 48.5 Å². The predicted molar refractivity (Wildman–Crippen MR) is 105 cm³/mol. The van der Waals surface area contributed by atoms with Crippen molar-refractivity contribution < 1.29 is 9.18 Å². The van der Waals surface area contributed by atoms with Crippen molar-refractivity contribution in [2.24, 2.45) is 0 Å². The third kappa shape index (κ3) is 3.84. The predicted octanol–water partition coefficient (Wildman–Crippen LogP) is 3.13. The number of fused-ring (bicyclic) bond motifs is 1. The lowest BCUT2D eigenvalue weighted by Crippen LogP contribution is -2.50. The lowest BCUT2D eigenvalue weighted by atomic mass is 10.2. The van der Waals surface area contributed by atoms with Crippen LogP contribution in [0, 0.1) is 5.82 Å². The summed E-state index contributed by atoms with van der Waals surface area (Å²) in [4.78, 5) is 20.9. The van der Waals surface area contributed by atoms with Crippen LogP contribution in [0.1, 0.15) is 0 Å². The fraction of sp³-hybridized carbons (Fsp3) is 0.238. The number of para-hydroxylation sites is 1. The number of anilines is 2. The molecule has 138 valence electrons. The van der Waals surface area contributed by atoms with E-state index in [2.05, 4.69) is 27.3 Å². The van der Waals surface area contributed by atoms with Crippen LogP contribution < -0.4 is 10.2 Å². The normalized spacial score (nSPS) is 14.4. The summed E-state index contributed by atoms with van der Waals surface area (Å²) in [7, 11) is 0. The van der Waals surface area contributed by atoms with E-state index in [1.807, 2.05) is 23.1 Å². The zero-order valence-corrected chi connectivity index (χ0v) is 14.9. The average molecular weight is 364 g/mol. The van der Waals surface area contributed by atoms with Gasteiger partial charge in [-0.25, -0.2) is 4.39 Å². The number of amides is 1. The Hall–Kier alpha value is -3.15. The van der Waals surface area contributed by atoms with Crippen LogP contribution >= 0.6 is 0 Å². The van der Waals surface area contributed by atoms with Crippen molar-refractivity contribution >= 4 is 28.2 Å². The Bertz CT molecular complexity index is 939. The molecule has 5 nitrogen and oxygen atoms in total. The van der Waals surface area contributed by atoms with Gasteiger partial charge in [-0.05, 0) is 30.3 Å². The van der Waals surface area contributed by atoms with E-state index >= 15 is 0 Å². The van der Waals surface area contributed by atoms with Crippen molar-refractivity contribution in [3.05, 3.63) is 66.6 Å². The molecule has 1 aromatic heterocycles. The molecular formula is C21H21FN4O. The van der Waals surface area contributed by atoms with Gasteiger partial charge in [0.15, 0.2) is 0 Å². The monoisotopic (exact) mass is 364 g/mol. The first-order chi connectivity index (χ1) is 13.2. The molecule has 1 fully saturated rings. The number of nitrogens with one attached hydrogen (secondary N) is 1. The summed E-state index contributed by atoms with van der Waals surface area (Å²) in [6.45, 7) is 3.28. The van der Waals surface area contributed by atoms with Gasteiger partial charge in [0.05, 0.1) is 12.1 Å². The van der Waals surface area contributed by atoms with Gasteiger partial charge in [0.25, 0.3) is 0 Å². The Kier molecular flexibility index (Phi) is 4.87. The van der Waals surface area contributed by atoms with E-state index in [-0.39, 0.29) is 18.3 Å². The lowest BCUT2D eigenvalue weighted by molar-refractivity contribution is -0.129. The van der Waals surface area contributed by atoms with Crippen LogP contribution in [0.3, 0.4) is 0 Å². The van der Waals surface area contributed by atoms with Crippen molar-refractivity contribution in [3.8, 4) is 0 Å². The minimum Gasteiger partial charge on any atom is -0.376 e. The standard InChI is InChI=1S/C21H21FN4O/c22-16-6-7-18-19(8-9-23-20(18)14-16)24-15-21(27)26-12-10-25(11-13-26)17-4-2-1-3-5-17/h1-9,14H,10-13,15H2,(H,23,24). The molecule has 0 spiro atoms. The van der Waals surface area contributed by atoms with Crippen LogP contribution in [0.25, 0.3) is 10.9 Å². The van der Waals surface area contributed by atoms with Gasteiger partial charge in [0.1, 0.15) is 5.82 Å². The highest BCUT2D eigenvalue weighted by Gasteiger charge is 2.21. The number of carbonyl (C=O) groups is 1. The zero-order valence-electron chi connectivity index (χ0n) is 14.9. The average Bonchev–Trinajstić information content (AvgIpc) is 2.72. The molecule has 6 heteroatoms. The molecule has 1 saturated heterocycles. The Labute approximate surface area is 157 Å². The first-order valence-corrected chi connectivity index (χ1v) is 9.06. The van der Waals surface area contributed by atoms with Gasteiger partial charge >= 0.3 is 0 Å². The number of nitrogens with zero attached hydrogens (tertiary/aromatic N) is 3. The second kappa shape index (κ2) is 7.61. The number of hydrogen-bond donors (Lipinski definition) is 1. The van der Waals surface area contributed by atoms with Gasteiger partial charge in [-0.3, -0.25) is 9.78 Å². The fourth-order valence-corrected chi connectivity index (χ4v) is 3.41. The Balaban J connectivity index is 1.35. The van der Waals surface area contributed by atoms with Gasteiger partial charge in [-0.2, -0.15) is 0 Å². The molecule has 2 heterocycles. The van der Waals surface area contributed by atoms with E-state index in [1.54, 1.807) is 18.3 Å². The van der Waals surface area contributed by atoms with E-state index in [0.717, 1.165) is 24.2 Å². The number of hydrogen-bond acceptors (Lipinski definition) is 4. The molecular weight excluding hydrogens is 343 g/mol. The quantitative estimate of drug-likeness (QED) is 0.773. The largest absolute Gasteiger partial charge is 0.376 e. The topological polar surface area (TPSA) is 48.5 Å². The SMILES string of the molecule is O=C(CNc1ccnc2cc(F)ccc12)N1CCN(c2ccccc2)CC1. The van der Waals surface area contributed by atoms with Crippen molar-refractivity contribution in [1.29, 1.82) is 0 Å². The molecule has 2 aromatic carbocycles. The van der Waals surface area contributed by atoms with Gasteiger partial charge in [-0.1, -0.05) is 18.2 Å². The number of benzene rings is 2. The molecule has 0 aliphatic carbocycles. The highest BCUT2D eigenvalue weighted by atomic mass is 19.1. The summed E-state index contributed by atoms with van der Waals surface area (Å²) < 4.78 is 13.4. The molecule has 0 bridgehead atoms. The molecule has 3 aromatic rings. The van der Waals surface area contributed by atoms with Crippen LogP contribution in [0.5, 0.6) is 0 Å². The molecule has 4 rings (SSSR count). The number of carbonyl (C=O) groups excluding carboxylic acids is 1. The first-order valence-electron chi connectivity index (χ1n) is 9.06. The van der Waals surface area contributed by atoms with E-state index in [0.29, 0.717) is 18.6 Å². The molecule has 0 atom stereocenters. The Morgan fingerprint density at radius 1 is 1.04 bits per heavy atom. The number of halogens is 1. The van der Waals surface area contributed by atoms with Crippen LogP contribution in [0.4, 0.5) is 15.8 Å². The molecule has 0 unspecified atom stereocenters. The highest BCUT2D eigenvalue weighted by molar-refractivity contribution is 5.92. The molecule has 1 aliphatic heterocycles. The zero-order chi connectivity index (χ0) is 18.6. The van der Waals surface area contributed by atoms with E-state index in [4.69, 9.17) is 0 Å². The maximum atomic E-state index is 13.4. The lowest BCUT2D eigenvalue weighted by Gasteiger charge is -2.36. The minimum atomic E-state index is -0.320. The maximum absolute atomic E-state index is 13.4. The highest BCUT2D eigenvalue weighted by Crippen LogP contribution is 2.22. The summed E-state index contributed by atoms with van der Waals surface area (Å²) in [5, 5.41) is 3.99. The molecule has 1 amide bonds. The molecule has 0 radical (unpaired) electrons. The number of rotatable bonds is 4. The van der Waals surface area contributed by atoms with Gasteiger partial charge in [0.2, 0.25) is 5.91 Å². The maximum Gasteiger partial charge on any atom is 0.241 e. The van der Waals surface area contributed by atoms with Gasteiger partial charge in [0, 0.05) is 55.2 Å². The van der Waals surface area contributed by atoms with Gasteiger partial charge < -0.3 is 15.1 Å². The summed E-state index contributed by atoms with van der Waals surface area (Å²) in [5.74, 6) is -0.255. The summed E-state index contributed by atoms with van der Waals surface area (Å²) in [6, 6.07) is 16.5. The molecule has 1 aliphatic rings. The van der Waals surface area contributed by atoms with E-state index in [9.17, 15) is 9.18 Å². The fourth-order valence-electron chi connectivity index (χ4n) is 3.41. The van der Waals surface area contributed by atoms with Crippen LogP contribution in [0.15, 0.2) is 60.8 Å². The van der Waals surface area contributed by atoms with Crippen molar-refractivity contribution in [2.75, 3.05) is 42.9 Å². The van der Waals surface area contributed by atoms with Crippen molar-refractivity contribution in [3.63, 3.8) is 0 Å². The smallest absolute Gasteiger partial charge is 0.241 e. The van der Waals surface area contributed by atoms with Crippen molar-refractivity contribution in [2.45, 2.75) is 0 Å². The number of aromatic nitrogens is 1. The summed E-state index contributed by atoms with van der Waals surface area (Å²) in [5.41, 5.74) is 2.55. The minimum absolute atomic E-state index is 0.0646. The molecule has 27 heavy (non-hydrogen) atoms. The molecule has 1 N–H and O–H groups in total. The first kappa shape index (κ1) is 17.3. The number of pyridine rings is 1. The second-order valence-electron chi connectivity index (χ2n) is 6.58. The second-order valence-corrected chi connectivity index (χ2v) is 6.58. The van der Waals surface area contributed by atoms with E-state index in [1.165, 1.54) is 17.8 Å². The Morgan fingerprint density at radius 2 is 1.81 bits per heavy atom. The van der Waals surface area contributed by atoms with Gasteiger partial charge in [-0.15, -0.1) is 0 Å². The third-order valence-electron chi connectivity index (χ3n) is 4.89. The van der Waals surface area contributed by atoms with E-state index < -0.39 is 0 Å². The van der Waals surface area contributed by atoms with Crippen LogP contribution in [0.2, 0.25) is 0 Å². The summed E-state index contributed by atoms with van der Waals surface area (Å²) >= 11 is 0. The molecule has 0 saturated carbocycles. The van der Waals surface area contributed by atoms with Crippen molar-refractivity contribution in [1.82, 2.24) is 9.88 Å². The Morgan fingerprint density at radius 3 is 2.59 bits per heavy atom. The third-order valence-corrected chi connectivity index (χ3v) is 4.89. The summed E-state index contributed by atoms with van der Waals surface area (Å²) in [6.07, 6.45) is 1.62. The number of piperazine rings is 1. The van der Waals surface area contributed by atoms with Crippen LogP contribution in [-0.2, 0) is 4.79 Å².